The van der Waals surface area contributed by atoms with Gasteiger partial charge in [-0.2, -0.15) is 5.10 Å². The van der Waals surface area contributed by atoms with Gasteiger partial charge in [0.05, 0.1) is 11.9 Å². The number of nitrogens with one attached hydrogen (secondary N) is 1. The molecule has 0 aliphatic carbocycles. The number of hydrogen-bond acceptors (Lipinski definition) is 5. The van der Waals surface area contributed by atoms with Crippen molar-refractivity contribution in [1.29, 1.82) is 0 Å². The Bertz CT molecular complexity index is 654. The van der Waals surface area contributed by atoms with E-state index in [0.717, 1.165) is 16.9 Å². The molecule has 7 heteroatoms. The second kappa shape index (κ2) is 6.49. The smallest absolute Gasteiger partial charge is 0.283 e. The second-order valence-corrected chi connectivity index (χ2v) is 5.40. The molecule has 0 bridgehead atoms. The molecule has 5 nitrogen and oxygen atoms in total. The molecular formula is C13H13ClN4OS. The molecule has 0 spiro atoms. The molecule has 3 N–H and O–H groups in total. The zero-order chi connectivity index (χ0) is 14.5. The molecule has 1 aromatic heterocycles. The fourth-order valence-corrected chi connectivity index (χ4v) is 2.60. The van der Waals surface area contributed by atoms with Crippen molar-refractivity contribution in [2.75, 3.05) is 5.73 Å². The van der Waals surface area contributed by atoms with E-state index in [2.05, 4.69) is 15.5 Å². The van der Waals surface area contributed by atoms with Crippen molar-refractivity contribution < 1.29 is 4.79 Å². The van der Waals surface area contributed by atoms with Crippen molar-refractivity contribution in [3.63, 3.8) is 0 Å². The van der Waals surface area contributed by atoms with E-state index in [1.165, 1.54) is 6.21 Å². The van der Waals surface area contributed by atoms with Gasteiger partial charge in [0.1, 0.15) is 4.88 Å². The Hall–Kier alpha value is -1.92. The lowest BCUT2D eigenvalue weighted by atomic mass is 10.2. The molecule has 1 amide bonds. The van der Waals surface area contributed by atoms with Crippen LogP contribution < -0.4 is 11.2 Å². The van der Waals surface area contributed by atoms with Gasteiger partial charge in [0.15, 0.2) is 5.13 Å². The van der Waals surface area contributed by atoms with E-state index in [4.69, 9.17) is 17.3 Å². The summed E-state index contributed by atoms with van der Waals surface area (Å²) in [4.78, 5) is 16.5. The van der Waals surface area contributed by atoms with Crippen molar-refractivity contribution in [3.05, 3.63) is 45.4 Å². The maximum atomic E-state index is 12.0. The Labute approximate surface area is 125 Å². The number of aromatic nitrogens is 1. The van der Waals surface area contributed by atoms with Gasteiger partial charge in [-0.05, 0) is 24.1 Å². The van der Waals surface area contributed by atoms with Crippen LogP contribution in [0.2, 0.25) is 5.02 Å². The summed E-state index contributed by atoms with van der Waals surface area (Å²) in [6.07, 6.45) is 2.17. The number of hydrazone groups is 1. The normalized spacial score (nSPS) is 10.9. The van der Waals surface area contributed by atoms with Crippen LogP contribution in [0.25, 0.3) is 0 Å². The highest BCUT2D eigenvalue weighted by Crippen LogP contribution is 2.20. The summed E-state index contributed by atoms with van der Waals surface area (Å²) in [6, 6.07) is 7.17. The molecule has 0 aliphatic rings. The van der Waals surface area contributed by atoms with E-state index >= 15 is 0 Å². The van der Waals surface area contributed by atoms with E-state index in [0.29, 0.717) is 27.1 Å². The number of aryl methyl sites for hydroxylation is 1. The predicted molar refractivity (Wildman–Crippen MR) is 82.4 cm³/mol. The molecular weight excluding hydrogens is 296 g/mol. The van der Waals surface area contributed by atoms with E-state index in [1.807, 2.05) is 19.1 Å². The zero-order valence-corrected chi connectivity index (χ0v) is 12.3. The van der Waals surface area contributed by atoms with Gasteiger partial charge in [0.25, 0.3) is 5.91 Å². The summed E-state index contributed by atoms with van der Waals surface area (Å²) in [7, 11) is 0. The fraction of sp³-hybridized carbons (Fsp3) is 0.154. The Morgan fingerprint density at radius 2 is 2.40 bits per heavy atom. The van der Waals surface area contributed by atoms with Crippen LogP contribution in [-0.4, -0.2) is 17.1 Å². The number of carbonyl (C=O) groups is 1. The summed E-state index contributed by atoms with van der Waals surface area (Å²) in [5.41, 5.74) is 9.55. The molecule has 0 aliphatic heterocycles. The number of nitrogens with zero attached hydrogens (tertiary/aromatic N) is 2. The van der Waals surface area contributed by atoms with E-state index in [1.54, 1.807) is 12.1 Å². The van der Waals surface area contributed by atoms with E-state index < -0.39 is 0 Å². The number of carbonyl (C=O) groups excluding carboxylic acids is 1. The Morgan fingerprint density at radius 1 is 1.60 bits per heavy atom. The third-order valence-corrected chi connectivity index (χ3v) is 3.64. The number of nitrogen functional groups attached to an aromatic ring is 1. The summed E-state index contributed by atoms with van der Waals surface area (Å²) in [6.45, 7) is 1.92. The molecule has 104 valence electrons. The highest BCUT2D eigenvalue weighted by molar-refractivity contribution is 7.17. The van der Waals surface area contributed by atoms with Crippen LogP contribution in [-0.2, 0) is 6.42 Å². The molecule has 2 rings (SSSR count). The van der Waals surface area contributed by atoms with Gasteiger partial charge >= 0.3 is 0 Å². The van der Waals surface area contributed by atoms with E-state index in [9.17, 15) is 4.79 Å². The number of hydrogen-bond donors (Lipinski definition) is 2. The number of anilines is 1. The van der Waals surface area contributed by atoms with Gasteiger partial charge in [0, 0.05) is 5.02 Å². The van der Waals surface area contributed by atoms with Crippen molar-refractivity contribution in [2.24, 2.45) is 5.10 Å². The fourth-order valence-electron chi connectivity index (χ4n) is 1.59. The van der Waals surface area contributed by atoms with Gasteiger partial charge < -0.3 is 5.73 Å². The van der Waals surface area contributed by atoms with Crippen LogP contribution in [0, 0.1) is 0 Å². The largest absolute Gasteiger partial charge is 0.375 e. The zero-order valence-electron chi connectivity index (χ0n) is 10.8. The SMILES string of the molecule is CCc1nc(N)sc1C(=O)N/N=C/c1cccc(Cl)c1. The van der Waals surface area contributed by atoms with Crippen LogP contribution >= 0.6 is 22.9 Å². The molecule has 0 atom stereocenters. The van der Waals surface area contributed by atoms with Crippen LogP contribution in [0.4, 0.5) is 5.13 Å². The van der Waals surface area contributed by atoms with Crippen LogP contribution in [0.1, 0.15) is 27.9 Å². The average Bonchev–Trinajstić information content (AvgIpc) is 2.80. The number of halogens is 1. The topological polar surface area (TPSA) is 80.4 Å². The van der Waals surface area contributed by atoms with Crippen LogP contribution in [0.5, 0.6) is 0 Å². The lowest BCUT2D eigenvalue weighted by molar-refractivity contribution is 0.0958. The molecule has 0 radical (unpaired) electrons. The first-order chi connectivity index (χ1) is 9.60. The third kappa shape index (κ3) is 3.55. The quantitative estimate of drug-likeness (QED) is 0.673. The first-order valence-electron chi connectivity index (χ1n) is 5.94. The Kier molecular flexibility index (Phi) is 4.70. The van der Waals surface area contributed by atoms with Gasteiger partial charge in [-0.1, -0.05) is 42.0 Å². The maximum Gasteiger partial charge on any atom is 0.283 e. The minimum Gasteiger partial charge on any atom is -0.375 e. The lowest BCUT2D eigenvalue weighted by Gasteiger charge is -1.98. The number of nitrogens with two attached hydrogens (primary N) is 1. The molecule has 2 aromatic rings. The number of rotatable bonds is 4. The predicted octanol–water partition coefficient (Wildman–Crippen LogP) is 2.71. The minimum absolute atomic E-state index is 0.311. The number of thiazole rings is 1. The van der Waals surface area contributed by atoms with Gasteiger partial charge in [0.2, 0.25) is 0 Å². The standard InChI is InChI=1S/C13H13ClN4OS/c1-2-10-11(20-13(15)17-10)12(19)18-16-7-8-4-3-5-9(14)6-8/h3-7H,2H2,1H3,(H2,15,17)(H,18,19)/b16-7+. The van der Waals surface area contributed by atoms with Crippen molar-refractivity contribution in [3.8, 4) is 0 Å². The molecule has 0 saturated carbocycles. The number of amides is 1. The third-order valence-electron chi connectivity index (χ3n) is 2.48. The van der Waals surface area contributed by atoms with E-state index in [-0.39, 0.29) is 5.91 Å². The Balaban J connectivity index is 2.05. The summed E-state index contributed by atoms with van der Waals surface area (Å²) in [5.74, 6) is -0.311. The molecule has 20 heavy (non-hydrogen) atoms. The van der Waals surface area contributed by atoms with Gasteiger partial charge in [-0.3, -0.25) is 4.79 Å². The maximum absolute atomic E-state index is 12.0. The second-order valence-electron chi connectivity index (χ2n) is 3.94. The lowest BCUT2D eigenvalue weighted by Crippen LogP contribution is -2.17. The van der Waals surface area contributed by atoms with Gasteiger partial charge in [-0.25, -0.2) is 10.4 Å². The molecule has 0 unspecified atom stereocenters. The minimum atomic E-state index is -0.311. The average molecular weight is 309 g/mol. The first kappa shape index (κ1) is 14.5. The number of benzene rings is 1. The summed E-state index contributed by atoms with van der Waals surface area (Å²) < 4.78 is 0. The monoisotopic (exact) mass is 308 g/mol. The molecule has 0 saturated heterocycles. The Morgan fingerprint density at radius 3 is 3.10 bits per heavy atom. The highest BCUT2D eigenvalue weighted by Gasteiger charge is 2.15. The van der Waals surface area contributed by atoms with Crippen LogP contribution in [0.3, 0.4) is 0 Å². The summed E-state index contributed by atoms with van der Waals surface area (Å²) in [5, 5.41) is 4.89. The molecule has 0 fully saturated rings. The first-order valence-corrected chi connectivity index (χ1v) is 7.13. The van der Waals surface area contributed by atoms with Crippen molar-refractivity contribution >= 4 is 40.2 Å². The summed E-state index contributed by atoms with van der Waals surface area (Å²) >= 11 is 7.01. The van der Waals surface area contributed by atoms with Crippen molar-refractivity contribution in [1.82, 2.24) is 10.4 Å². The molecule has 1 aromatic carbocycles. The molecule has 1 heterocycles. The van der Waals surface area contributed by atoms with Gasteiger partial charge in [-0.15, -0.1) is 0 Å². The van der Waals surface area contributed by atoms with Crippen LogP contribution in [0.15, 0.2) is 29.4 Å². The highest BCUT2D eigenvalue weighted by atomic mass is 35.5. The van der Waals surface area contributed by atoms with Crippen molar-refractivity contribution in [2.45, 2.75) is 13.3 Å².